The molecule has 60 heavy (non-hydrogen) atoms. The molecule has 3 aromatic heterocycles. The van der Waals surface area contributed by atoms with Crippen LogP contribution in [-0.4, -0.2) is 24.1 Å². The Morgan fingerprint density at radius 1 is 0.333 bits per heavy atom. The number of hydrogen-bond acceptors (Lipinski definition) is 3. The standard InChI is InChI=1S/C52H32F3N5/c53-52(54,55)36-19-13-18-35(30-36)39-28-26-37(31-44(39)51-57-49(33-14-3-1-4-15-33)56-50(58-51)34-16-5-2-6-17-34)60-47-25-12-9-22-42(47)43-29-27-38(32-48(43)60)59-45-23-10-7-20-40(45)41-21-8-11-24-46(41)59/h1-32H. The molecule has 3 heterocycles. The maximum absolute atomic E-state index is 14.2. The monoisotopic (exact) mass is 783 g/mol. The average molecular weight is 784 g/mol. The van der Waals surface area contributed by atoms with Gasteiger partial charge in [-0.1, -0.05) is 140 Å². The van der Waals surface area contributed by atoms with Crippen molar-refractivity contribution in [2.45, 2.75) is 6.18 Å². The van der Waals surface area contributed by atoms with E-state index in [-0.39, 0.29) is 0 Å². The van der Waals surface area contributed by atoms with Gasteiger partial charge in [-0.2, -0.15) is 13.2 Å². The SMILES string of the molecule is FC(F)(F)c1cccc(-c2ccc(-n3c4ccccc4c4ccc(-n5c6ccccc6c6ccccc65)cc43)cc2-c2nc(-c3ccccc3)nc(-c3ccccc3)n2)c1. The highest BCUT2D eigenvalue weighted by Gasteiger charge is 2.31. The van der Waals surface area contributed by atoms with Crippen molar-refractivity contribution >= 4 is 43.6 Å². The van der Waals surface area contributed by atoms with E-state index in [1.807, 2.05) is 91.0 Å². The molecule has 286 valence electrons. The zero-order chi connectivity index (χ0) is 40.4. The first kappa shape index (κ1) is 35.3. The van der Waals surface area contributed by atoms with Crippen LogP contribution in [0.1, 0.15) is 5.56 Å². The van der Waals surface area contributed by atoms with Gasteiger partial charge in [0.15, 0.2) is 17.5 Å². The molecule has 0 amide bonds. The van der Waals surface area contributed by atoms with E-state index in [9.17, 15) is 13.2 Å². The second kappa shape index (κ2) is 13.9. The Bertz CT molecular complexity index is 3310. The summed E-state index contributed by atoms with van der Waals surface area (Å²) in [4.78, 5) is 15.0. The molecule has 0 saturated heterocycles. The molecule has 0 spiro atoms. The lowest BCUT2D eigenvalue weighted by molar-refractivity contribution is -0.137. The smallest absolute Gasteiger partial charge is 0.309 e. The molecular weight excluding hydrogens is 752 g/mol. The van der Waals surface area contributed by atoms with Gasteiger partial charge in [-0.15, -0.1) is 0 Å². The van der Waals surface area contributed by atoms with E-state index in [2.05, 4.69) is 88.0 Å². The van der Waals surface area contributed by atoms with Gasteiger partial charge >= 0.3 is 6.18 Å². The van der Waals surface area contributed by atoms with Crippen molar-refractivity contribution in [1.82, 2.24) is 24.1 Å². The zero-order valence-electron chi connectivity index (χ0n) is 31.8. The largest absolute Gasteiger partial charge is 0.416 e. The third-order valence-electron chi connectivity index (χ3n) is 11.2. The molecule has 0 saturated carbocycles. The minimum atomic E-state index is -4.53. The molecule has 0 aliphatic heterocycles. The van der Waals surface area contributed by atoms with Gasteiger partial charge in [0.2, 0.25) is 0 Å². The first-order valence-electron chi connectivity index (χ1n) is 19.6. The molecule has 11 aromatic rings. The van der Waals surface area contributed by atoms with Crippen LogP contribution in [0.3, 0.4) is 0 Å². The molecule has 0 unspecified atom stereocenters. The van der Waals surface area contributed by atoms with E-state index in [1.54, 1.807) is 6.07 Å². The summed E-state index contributed by atoms with van der Waals surface area (Å²) in [6.07, 6.45) is -4.53. The van der Waals surface area contributed by atoms with Gasteiger partial charge in [0.05, 0.1) is 27.6 Å². The number of benzene rings is 8. The van der Waals surface area contributed by atoms with Gasteiger partial charge in [0.25, 0.3) is 0 Å². The molecule has 0 atom stereocenters. The predicted octanol–water partition coefficient (Wildman–Crippen LogP) is 13.8. The molecule has 0 N–H and O–H groups in total. The average Bonchev–Trinajstić information content (AvgIpc) is 3.81. The summed E-state index contributed by atoms with van der Waals surface area (Å²) in [6, 6.07) is 62.3. The second-order valence-electron chi connectivity index (χ2n) is 14.8. The topological polar surface area (TPSA) is 48.5 Å². The van der Waals surface area contributed by atoms with Crippen molar-refractivity contribution in [2.75, 3.05) is 0 Å². The van der Waals surface area contributed by atoms with Crippen molar-refractivity contribution < 1.29 is 13.2 Å². The first-order chi connectivity index (χ1) is 29.4. The summed E-state index contributed by atoms with van der Waals surface area (Å²) >= 11 is 0. The Morgan fingerprint density at radius 3 is 1.35 bits per heavy atom. The third kappa shape index (κ3) is 5.91. The summed E-state index contributed by atoms with van der Waals surface area (Å²) in [5.74, 6) is 1.24. The lowest BCUT2D eigenvalue weighted by Gasteiger charge is -2.16. The van der Waals surface area contributed by atoms with Gasteiger partial charge in [-0.05, 0) is 65.7 Å². The first-order valence-corrected chi connectivity index (χ1v) is 19.6. The van der Waals surface area contributed by atoms with E-state index in [1.165, 1.54) is 22.9 Å². The Kier molecular flexibility index (Phi) is 8.20. The highest BCUT2D eigenvalue weighted by molar-refractivity contribution is 6.12. The number of rotatable bonds is 6. The normalized spacial score (nSPS) is 11.9. The van der Waals surface area contributed by atoms with E-state index < -0.39 is 11.7 Å². The van der Waals surface area contributed by atoms with Crippen LogP contribution in [0.4, 0.5) is 13.2 Å². The van der Waals surface area contributed by atoms with Crippen LogP contribution in [0, 0.1) is 0 Å². The zero-order valence-corrected chi connectivity index (χ0v) is 31.8. The summed E-state index contributed by atoms with van der Waals surface area (Å²) < 4.78 is 47.1. The van der Waals surface area contributed by atoms with Gasteiger partial charge < -0.3 is 9.13 Å². The van der Waals surface area contributed by atoms with Gasteiger partial charge in [0.1, 0.15) is 0 Å². The van der Waals surface area contributed by atoms with Crippen molar-refractivity contribution in [3.05, 3.63) is 200 Å². The maximum atomic E-state index is 14.2. The van der Waals surface area contributed by atoms with Gasteiger partial charge in [-0.3, -0.25) is 0 Å². The number of alkyl halides is 3. The molecule has 8 heteroatoms. The number of nitrogens with zero attached hydrogens (tertiary/aromatic N) is 5. The minimum Gasteiger partial charge on any atom is -0.309 e. The molecule has 0 bridgehead atoms. The molecule has 11 rings (SSSR count). The molecule has 0 radical (unpaired) electrons. The lowest BCUT2D eigenvalue weighted by Crippen LogP contribution is -2.05. The number of hydrogen-bond donors (Lipinski definition) is 0. The molecule has 0 aliphatic carbocycles. The third-order valence-corrected chi connectivity index (χ3v) is 11.2. The Balaban J connectivity index is 1.19. The van der Waals surface area contributed by atoms with Crippen LogP contribution in [0.5, 0.6) is 0 Å². The lowest BCUT2D eigenvalue weighted by atomic mass is 9.96. The molecule has 0 aliphatic rings. The van der Waals surface area contributed by atoms with E-state index in [4.69, 9.17) is 15.0 Å². The summed E-state index contributed by atoms with van der Waals surface area (Å²) in [5, 5.41) is 4.48. The Morgan fingerprint density at radius 2 is 0.783 bits per heavy atom. The molecular formula is C52H32F3N5. The van der Waals surface area contributed by atoms with E-state index >= 15 is 0 Å². The Labute approximate surface area is 342 Å². The number of aromatic nitrogens is 5. The van der Waals surface area contributed by atoms with E-state index in [0.29, 0.717) is 34.2 Å². The van der Waals surface area contributed by atoms with Gasteiger partial charge in [-0.25, -0.2) is 15.0 Å². The minimum absolute atomic E-state index is 0.337. The van der Waals surface area contributed by atoms with Crippen LogP contribution < -0.4 is 0 Å². The van der Waals surface area contributed by atoms with Crippen LogP contribution in [0.2, 0.25) is 0 Å². The maximum Gasteiger partial charge on any atom is 0.416 e. The van der Waals surface area contributed by atoms with Crippen LogP contribution in [0.15, 0.2) is 194 Å². The summed E-state index contributed by atoms with van der Waals surface area (Å²) in [5.41, 5.74) is 8.31. The second-order valence-corrected chi connectivity index (χ2v) is 14.8. The predicted molar refractivity (Wildman–Crippen MR) is 235 cm³/mol. The number of halogens is 3. The number of fused-ring (bicyclic) bond motifs is 6. The molecule has 8 aromatic carbocycles. The van der Waals surface area contributed by atoms with Crippen LogP contribution >= 0.6 is 0 Å². The summed E-state index contributed by atoms with van der Waals surface area (Å²) in [7, 11) is 0. The Hall–Kier alpha value is -7.84. The highest BCUT2D eigenvalue weighted by Crippen LogP contribution is 2.41. The fourth-order valence-corrected chi connectivity index (χ4v) is 8.48. The highest BCUT2D eigenvalue weighted by atomic mass is 19.4. The fourth-order valence-electron chi connectivity index (χ4n) is 8.48. The van der Waals surface area contributed by atoms with Crippen molar-refractivity contribution in [3.8, 4) is 56.7 Å². The van der Waals surface area contributed by atoms with Crippen molar-refractivity contribution in [1.29, 1.82) is 0 Å². The van der Waals surface area contributed by atoms with Crippen molar-refractivity contribution in [2.24, 2.45) is 0 Å². The van der Waals surface area contributed by atoms with Crippen molar-refractivity contribution in [3.63, 3.8) is 0 Å². The molecule has 0 fully saturated rings. The van der Waals surface area contributed by atoms with Crippen LogP contribution in [0.25, 0.3) is 100 Å². The fraction of sp³-hybridized carbons (Fsp3) is 0.0192. The summed E-state index contributed by atoms with van der Waals surface area (Å²) in [6.45, 7) is 0. The van der Waals surface area contributed by atoms with Crippen LogP contribution in [-0.2, 0) is 6.18 Å². The van der Waals surface area contributed by atoms with E-state index in [0.717, 1.165) is 61.4 Å². The quantitative estimate of drug-likeness (QED) is 0.169. The van der Waals surface area contributed by atoms with Gasteiger partial charge in [0, 0.05) is 49.6 Å². The number of para-hydroxylation sites is 3. The molecule has 5 nitrogen and oxygen atoms in total.